The van der Waals surface area contributed by atoms with E-state index in [1.54, 1.807) is 24.4 Å². The zero-order valence-electron chi connectivity index (χ0n) is 24.8. The van der Waals surface area contributed by atoms with Crippen molar-refractivity contribution < 1.29 is 13.2 Å². The number of aryl methyl sites for hydroxylation is 1. The molecule has 0 bridgehead atoms. The Bertz CT molecular complexity index is 1520. The molecule has 4 rings (SSSR count). The molecule has 0 saturated heterocycles. The van der Waals surface area contributed by atoms with Crippen molar-refractivity contribution in [1.29, 1.82) is 0 Å². The van der Waals surface area contributed by atoms with Gasteiger partial charge in [-0.25, -0.2) is 18.5 Å². The van der Waals surface area contributed by atoms with Gasteiger partial charge in [-0.15, -0.1) is 5.73 Å². The Hall–Kier alpha value is -3.97. The van der Waals surface area contributed by atoms with Crippen LogP contribution >= 0.6 is 0 Å². The lowest BCUT2D eigenvalue weighted by Gasteiger charge is -2.26. The molecule has 0 spiro atoms. The molecule has 7 nitrogen and oxygen atoms in total. The maximum Gasteiger partial charge on any atom is 0.231 e. The number of aromatic nitrogens is 2. The highest BCUT2D eigenvalue weighted by molar-refractivity contribution is 7.92. The molecule has 222 valence electrons. The second kappa shape index (κ2) is 16.5. The Labute approximate surface area is 250 Å². The fourth-order valence-corrected chi connectivity index (χ4v) is 5.06. The van der Waals surface area contributed by atoms with Crippen molar-refractivity contribution in [3.63, 3.8) is 0 Å². The predicted molar refractivity (Wildman–Crippen MR) is 171 cm³/mol. The Morgan fingerprint density at radius 1 is 1.14 bits per heavy atom. The van der Waals surface area contributed by atoms with Gasteiger partial charge in [0, 0.05) is 37.0 Å². The summed E-state index contributed by atoms with van der Waals surface area (Å²) in [7, 11) is -1.49. The van der Waals surface area contributed by atoms with Crippen molar-refractivity contribution in [1.82, 2.24) is 14.5 Å². The van der Waals surface area contributed by atoms with Crippen molar-refractivity contribution in [2.24, 2.45) is 18.1 Å². The number of sulfonamides is 1. The highest BCUT2D eigenvalue weighted by Crippen LogP contribution is 2.32. The number of nitrogens with zero attached hydrogens (tertiary/aromatic N) is 3. The quantitative estimate of drug-likeness (QED) is 0.260. The monoisotopic (exact) mass is 586 g/mol. The second-order valence-corrected chi connectivity index (χ2v) is 11.8. The predicted octanol–water partition coefficient (Wildman–Crippen LogP) is 6.62. The van der Waals surface area contributed by atoms with Crippen LogP contribution < -0.4 is 5.14 Å². The van der Waals surface area contributed by atoms with Crippen LogP contribution in [0.25, 0.3) is 0 Å². The number of primary sulfonamides is 1. The Morgan fingerprint density at radius 3 is 2.67 bits per heavy atom. The van der Waals surface area contributed by atoms with Crippen LogP contribution in [0.5, 0.6) is 0 Å². The van der Waals surface area contributed by atoms with Gasteiger partial charge in [0.25, 0.3) is 0 Å². The van der Waals surface area contributed by atoms with Crippen LogP contribution in [0.1, 0.15) is 58.2 Å². The van der Waals surface area contributed by atoms with Crippen LogP contribution in [-0.4, -0.2) is 28.8 Å². The minimum absolute atomic E-state index is 0.129. The van der Waals surface area contributed by atoms with Crippen molar-refractivity contribution in [3.05, 3.63) is 131 Å². The summed E-state index contributed by atoms with van der Waals surface area (Å²) in [5.74, 6) is 1.19. The minimum atomic E-state index is -3.47. The van der Waals surface area contributed by atoms with Gasteiger partial charge in [-0.2, -0.15) is 0 Å². The highest BCUT2D eigenvalue weighted by Gasteiger charge is 2.24. The van der Waals surface area contributed by atoms with Crippen molar-refractivity contribution >= 4 is 15.9 Å². The average Bonchev–Trinajstić information content (AvgIpc) is 3.14. The van der Waals surface area contributed by atoms with E-state index in [1.165, 1.54) is 35.6 Å². The van der Waals surface area contributed by atoms with Gasteiger partial charge in [0.05, 0.1) is 6.54 Å². The van der Waals surface area contributed by atoms with E-state index in [2.05, 4.69) is 53.2 Å². The second-order valence-electron chi connectivity index (χ2n) is 10.4. The largest absolute Gasteiger partial charge is 0.337 e. The molecule has 1 heterocycles. The average molecular weight is 587 g/mol. The molecular formula is C34H42N4O3S. The molecule has 1 saturated carbocycles. The summed E-state index contributed by atoms with van der Waals surface area (Å²) in [6.45, 7) is 4.48. The molecule has 2 N–H and O–H groups in total. The van der Waals surface area contributed by atoms with Crippen molar-refractivity contribution in [2.45, 2.75) is 58.9 Å². The topological polar surface area (TPSA) is 98.3 Å². The summed E-state index contributed by atoms with van der Waals surface area (Å²) >= 11 is 0. The third kappa shape index (κ3) is 10.8. The van der Waals surface area contributed by atoms with Gasteiger partial charge in [0.1, 0.15) is 5.82 Å². The summed E-state index contributed by atoms with van der Waals surface area (Å²) in [5.41, 5.74) is 8.28. The number of rotatable bonds is 9. The standard InChI is InChI=1S/C27H31N3O.C7H11NO2S/c1-21(22-10-5-3-4-6-11-22)18-27(31)30(20-26-28-16-17-29(26)2)25-15-9-14-23-12-7-8-13-24(23)19-25;1-2-3-4-5-6-7-11(8,9)10/h3-6,9-10,15-17,19,21H,7-8,11-13,18,20H2,1-2H3;2-7H,1H3,(H2,8,9,10)/b;3-2-,5-4-,7-6+/t21-;/m0./s1. The van der Waals surface area contributed by atoms with E-state index in [0.29, 0.717) is 13.0 Å². The normalized spacial score (nSPS) is 17.5. The number of allylic oxidation sites excluding steroid dienone is 15. The zero-order chi connectivity index (χ0) is 30.4. The number of carbonyl (C=O) groups is 1. The van der Waals surface area contributed by atoms with E-state index in [9.17, 15) is 13.2 Å². The first-order chi connectivity index (χ1) is 20.2. The number of hydrogen-bond donors (Lipinski definition) is 1. The van der Waals surface area contributed by atoms with Crippen molar-refractivity contribution in [2.75, 3.05) is 0 Å². The van der Waals surface area contributed by atoms with Gasteiger partial charge in [0.2, 0.25) is 15.9 Å². The lowest BCUT2D eigenvalue weighted by molar-refractivity contribution is -0.130. The van der Waals surface area contributed by atoms with E-state index in [1.807, 2.05) is 53.9 Å². The van der Waals surface area contributed by atoms with Gasteiger partial charge >= 0.3 is 0 Å². The molecule has 0 unspecified atom stereocenters. The van der Waals surface area contributed by atoms with E-state index in [-0.39, 0.29) is 11.8 Å². The minimum Gasteiger partial charge on any atom is -0.337 e. The lowest BCUT2D eigenvalue weighted by atomic mass is 9.89. The SMILES string of the molecule is C[C@@H](CC(=O)N(Cc1nccn1C)C1=CC=C=C2CCCCC2=C1)C1=CC=CC=CC1.C\C=C/C=C\C=C\S(N)(=O)=O. The Kier molecular flexibility index (Phi) is 12.8. The van der Waals surface area contributed by atoms with Gasteiger partial charge in [-0.05, 0) is 80.4 Å². The molecular weight excluding hydrogens is 544 g/mol. The van der Waals surface area contributed by atoms with E-state index >= 15 is 0 Å². The van der Waals surface area contributed by atoms with Crippen LogP contribution in [0.2, 0.25) is 0 Å². The van der Waals surface area contributed by atoms with Crippen molar-refractivity contribution in [3.8, 4) is 0 Å². The molecule has 1 atom stereocenters. The smallest absolute Gasteiger partial charge is 0.231 e. The Balaban J connectivity index is 0.000000375. The van der Waals surface area contributed by atoms with Gasteiger partial charge in [-0.3, -0.25) is 4.79 Å². The van der Waals surface area contributed by atoms with E-state index < -0.39 is 10.0 Å². The lowest BCUT2D eigenvalue weighted by Crippen LogP contribution is -2.32. The van der Waals surface area contributed by atoms with Crippen LogP contribution in [0, 0.1) is 5.92 Å². The molecule has 1 aromatic rings. The molecule has 3 aliphatic rings. The maximum atomic E-state index is 13.6. The van der Waals surface area contributed by atoms with Crippen LogP contribution in [-0.2, 0) is 28.4 Å². The highest BCUT2D eigenvalue weighted by atomic mass is 32.2. The molecule has 8 heteroatoms. The van der Waals surface area contributed by atoms with Crippen LogP contribution in [0.15, 0.2) is 125 Å². The van der Waals surface area contributed by atoms with Crippen LogP contribution in [0.3, 0.4) is 0 Å². The molecule has 1 aromatic heterocycles. The van der Waals surface area contributed by atoms with Gasteiger partial charge in [0.15, 0.2) is 0 Å². The first-order valence-corrected chi connectivity index (χ1v) is 15.9. The third-order valence-electron chi connectivity index (χ3n) is 7.11. The summed E-state index contributed by atoms with van der Waals surface area (Å²) in [6, 6.07) is 0. The molecule has 3 aliphatic carbocycles. The summed E-state index contributed by atoms with van der Waals surface area (Å²) < 4.78 is 22.6. The molecule has 1 amide bonds. The molecule has 0 radical (unpaired) electrons. The Morgan fingerprint density at radius 2 is 1.93 bits per heavy atom. The number of imidazole rings is 1. The number of hydrogen-bond acceptors (Lipinski definition) is 4. The summed E-state index contributed by atoms with van der Waals surface area (Å²) in [5, 5.41) is 5.62. The summed E-state index contributed by atoms with van der Waals surface area (Å²) in [4.78, 5) is 20.0. The molecule has 0 aromatic carbocycles. The maximum absolute atomic E-state index is 13.6. The fourth-order valence-electron chi connectivity index (χ4n) is 4.75. The molecule has 0 aliphatic heterocycles. The van der Waals surface area contributed by atoms with Gasteiger partial charge in [-0.1, -0.05) is 67.2 Å². The molecule has 1 fully saturated rings. The fraction of sp³-hybridized carbons (Fsp3) is 0.324. The van der Waals surface area contributed by atoms with E-state index in [0.717, 1.165) is 36.2 Å². The zero-order valence-corrected chi connectivity index (χ0v) is 25.6. The number of fused-ring (bicyclic) bond motifs is 1. The van der Waals surface area contributed by atoms with E-state index in [4.69, 9.17) is 0 Å². The summed E-state index contributed by atoms with van der Waals surface area (Å²) in [6.07, 6.45) is 34.6. The first-order valence-electron chi connectivity index (χ1n) is 14.3. The first kappa shape index (κ1) is 32.5. The number of nitrogens with two attached hydrogens (primary N) is 1. The third-order valence-corrected chi connectivity index (χ3v) is 7.64. The van der Waals surface area contributed by atoms with Crippen LogP contribution in [0.4, 0.5) is 0 Å². The number of carbonyl (C=O) groups excluding carboxylic acids is 1. The molecule has 42 heavy (non-hydrogen) atoms. The van der Waals surface area contributed by atoms with Gasteiger partial charge < -0.3 is 9.47 Å². The number of amides is 1.